The van der Waals surface area contributed by atoms with Crippen molar-refractivity contribution in [1.29, 1.82) is 0 Å². The molecule has 2 rings (SSSR count). The highest BCUT2D eigenvalue weighted by Gasteiger charge is 2.07. The normalized spacial score (nSPS) is 10.5. The highest BCUT2D eigenvalue weighted by molar-refractivity contribution is 6.30. The lowest BCUT2D eigenvalue weighted by Crippen LogP contribution is -2.00. The summed E-state index contributed by atoms with van der Waals surface area (Å²) in [6, 6.07) is 5.88. The Balaban J connectivity index is 2.22. The van der Waals surface area contributed by atoms with E-state index in [1.54, 1.807) is 22.9 Å². The van der Waals surface area contributed by atoms with E-state index in [9.17, 15) is 9.18 Å². The second-order valence-electron chi connectivity index (χ2n) is 3.61. The summed E-state index contributed by atoms with van der Waals surface area (Å²) in [5.74, 6) is -1.40. The fourth-order valence-corrected chi connectivity index (χ4v) is 1.67. The molecule has 0 bridgehead atoms. The van der Waals surface area contributed by atoms with E-state index in [0.29, 0.717) is 10.6 Å². The predicted octanol–water partition coefficient (Wildman–Crippen LogP) is 3.03. The van der Waals surface area contributed by atoms with Crippen molar-refractivity contribution in [2.75, 3.05) is 0 Å². The number of benzene rings is 1. The van der Waals surface area contributed by atoms with Gasteiger partial charge in [-0.3, -0.25) is 0 Å². The van der Waals surface area contributed by atoms with E-state index in [1.807, 2.05) is 0 Å². The van der Waals surface area contributed by atoms with Crippen LogP contribution in [0.1, 0.15) is 15.9 Å². The molecule has 17 heavy (non-hydrogen) atoms. The van der Waals surface area contributed by atoms with E-state index >= 15 is 0 Å². The maximum atomic E-state index is 13.5. The third kappa shape index (κ3) is 2.65. The van der Waals surface area contributed by atoms with Gasteiger partial charge in [-0.1, -0.05) is 17.7 Å². The number of nitrogens with zero attached hydrogens (tertiary/aromatic N) is 1. The second-order valence-corrected chi connectivity index (χ2v) is 4.05. The molecule has 0 amide bonds. The van der Waals surface area contributed by atoms with Crippen LogP contribution in [0.3, 0.4) is 0 Å². The van der Waals surface area contributed by atoms with Crippen LogP contribution < -0.4 is 0 Å². The summed E-state index contributed by atoms with van der Waals surface area (Å²) in [6.07, 6.45) is 3.05. The quantitative estimate of drug-likeness (QED) is 0.914. The molecule has 0 saturated carbocycles. The van der Waals surface area contributed by atoms with Gasteiger partial charge in [0.1, 0.15) is 5.82 Å². The molecule has 1 aromatic heterocycles. The third-order valence-electron chi connectivity index (χ3n) is 2.37. The van der Waals surface area contributed by atoms with Crippen LogP contribution in [0, 0.1) is 5.82 Å². The van der Waals surface area contributed by atoms with Crippen LogP contribution in [0.5, 0.6) is 0 Å². The lowest BCUT2D eigenvalue weighted by molar-refractivity contribution is 0.0697. The highest BCUT2D eigenvalue weighted by Crippen LogP contribution is 2.16. The Hall–Kier alpha value is -1.81. The fourth-order valence-electron chi connectivity index (χ4n) is 1.51. The standard InChI is InChI=1S/C12H9ClFNO2/c13-10-2-1-8(11(14)5-10)6-15-4-3-9(7-15)12(16)17/h1-5,7H,6H2,(H,16,17). The van der Waals surface area contributed by atoms with Crippen molar-refractivity contribution in [3.05, 3.63) is 58.6 Å². The first kappa shape index (κ1) is 11.7. The van der Waals surface area contributed by atoms with Crippen LogP contribution >= 0.6 is 11.6 Å². The van der Waals surface area contributed by atoms with Crippen LogP contribution in [0.4, 0.5) is 4.39 Å². The number of hydrogen-bond donors (Lipinski definition) is 1. The number of carboxylic acids is 1. The molecule has 0 fully saturated rings. The molecular formula is C12H9ClFNO2. The Morgan fingerprint density at radius 1 is 1.41 bits per heavy atom. The van der Waals surface area contributed by atoms with Gasteiger partial charge in [0.15, 0.2) is 0 Å². The van der Waals surface area contributed by atoms with Crippen LogP contribution in [0.25, 0.3) is 0 Å². The van der Waals surface area contributed by atoms with E-state index in [-0.39, 0.29) is 12.1 Å². The van der Waals surface area contributed by atoms with Gasteiger partial charge in [0.25, 0.3) is 0 Å². The minimum absolute atomic E-state index is 0.180. The molecule has 1 aromatic carbocycles. The second kappa shape index (κ2) is 4.59. The van der Waals surface area contributed by atoms with Crippen LogP contribution in [0.15, 0.2) is 36.7 Å². The van der Waals surface area contributed by atoms with Crippen molar-refractivity contribution >= 4 is 17.6 Å². The topological polar surface area (TPSA) is 42.2 Å². The van der Waals surface area contributed by atoms with Crippen LogP contribution in [-0.2, 0) is 6.54 Å². The highest BCUT2D eigenvalue weighted by atomic mass is 35.5. The molecule has 0 aliphatic rings. The van der Waals surface area contributed by atoms with Gasteiger partial charge in [-0.25, -0.2) is 9.18 Å². The van der Waals surface area contributed by atoms with Crippen molar-refractivity contribution in [2.45, 2.75) is 6.54 Å². The summed E-state index contributed by atoms with van der Waals surface area (Å²) < 4.78 is 15.1. The largest absolute Gasteiger partial charge is 0.478 e. The number of aromatic nitrogens is 1. The lowest BCUT2D eigenvalue weighted by Gasteiger charge is -2.04. The Kier molecular flexibility index (Phi) is 3.15. The minimum atomic E-state index is -1.000. The summed E-state index contributed by atoms with van der Waals surface area (Å²) in [7, 11) is 0. The van der Waals surface area contributed by atoms with E-state index in [2.05, 4.69) is 0 Å². The first-order chi connectivity index (χ1) is 8.06. The smallest absolute Gasteiger partial charge is 0.337 e. The summed E-state index contributed by atoms with van der Waals surface area (Å²) >= 11 is 5.64. The van der Waals surface area contributed by atoms with Gasteiger partial charge in [-0.15, -0.1) is 0 Å². The van der Waals surface area contributed by atoms with Crippen LogP contribution in [-0.4, -0.2) is 15.6 Å². The van der Waals surface area contributed by atoms with Crippen molar-refractivity contribution < 1.29 is 14.3 Å². The third-order valence-corrected chi connectivity index (χ3v) is 2.60. The van der Waals surface area contributed by atoms with Gasteiger partial charge >= 0.3 is 5.97 Å². The molecule has 1 N–H and O–H groups in total. The molecule has 0 aliphatic carbocycles. The zero-order valence-corrected chi connectivity index (χ0v) is 9.49. The Bertz CT molecular complexity index is 565. The van der Waals surface area contributed by atoms with E-state index in [1.165, 1.54) is 18.3 Å². The fraction of sp³-hybridized carbons (Fsp3) is 0.0833. The summed E-state index contributed by atoms with van der Waals surface area (Å²) in [5, 5.41) is 9.09. The monoisotopic (exact) mass is 253 g/mol. The Morgan fingerprint density at radius 3 is 2.76 bits per heavy atom. The maximum absolute atomic E-state index is 13.5. The average molecular weight is 254 g/mol. The number of rotatable bonds is 3. The number of aromatic carboxylic acids is 1. The molecule has 0 radical (unpaired) electrons. The zero-order chi connectivity index (χ0) is 12.4. The Morgan fingerprint density at radius 2 is 2.18 bits per heavy atom. The Labute approximate surface area is 102 Å². The predicted molar refractivity (Wildman–Crippen MR) is 61.9 cm³/mol. The zero-order valence-electron chi connectivity index (χ0n) is 8.73. The molecule has 88 valence electrons. The van der Waals surface area contributed by atoms with Gasteiger partial charge in [-0.2, -0.15) is 0 Å². The molecule has 0 spiro atoms. The van der Waals surface area contributed by atoms with Crippen LogP contribution in [0.2, 0.25) is 5.02 Å². The molecular weight excluding hydrogens is 245 g/mol. The molecule has 0 saturated heterocycles. The van der Waals surface area contributed by atoms with E-state index < -0.39 is 11.8 Å². The summed E-state index contributed by atoms with van der Waals surface area (Å²) in [4.78, 5) is 10.7. The van der Waals surface area contributed by atoms with Crippen molar-refractivity contribution in [2.24, 2.45) is 0 Å². The average Bonchev–Trinajstić information content (AvgIpc) is 2.71. The van der Waals surface area contributed by atoms with Gasteiger partial charge < -0.3 is 9.67 Å². The SMILES string of the molecule is O=C(O)c1ccn(Cc2ccc(Cl)cc2F)c1. The molecule has 0 atom stereocenters. The lowest BCUT2D eigenvalue weighted by atomic mass is 10.2. The van der Waals surface area contributed by atoms with Crippen molar-refractivity contribution in [3.8, 4) is 0 Å². The molecule has 2 aromatic rings. The molecule has 1 heterocycles. The molecule has 3 nitrogen and oxygen atoms in total. The number of halogens is 2. The minimum Gasteiger partial charge on any atom is -0.478 e. The van der Waals surface area contributed by atoms with Gasteiger partial charge in [0.2, 0.25) is 0 Å². The van der Waals surface area contributed by atoms with Crippen molar-refractivity contribution in [3.63, 3.8) is 0 Å². The number of carbonyl (C=O) groups is 1. The maximum Gasteiger partial charge on any atom is 0.337 e. The van der Waals surface area contributed by atoms with Gasteiger partial charge in [0, 0.05) is 29.5 Å². The summed E-state index contributed by atoms with van der Waals surface area (Å²) in [6.45, 7) is 0.274. The van der Waals surface area contributed by atoms with Gasteiger partial charge in [0.05, 0.1) is 5.56 Å². The number of hydrogen-bond acceptors (Lipinski definition) is 1. The molecule has 0 aliphatic heterocycles. The van der Waals surface area contributed by atoms with Gasteiger partial charge in [-0.05, 0) is 18.2 Å². The molecule has 5 heteroatoms. The molecule has 0 unspecified atom stereocenters. The summed E-state index contributed by atoms with van der Waals surface area (Å²) in [5.41, 5.74) is 0.640. The first-order valence-electron chi connectivity index (χ1n) is 4.89. The number of carboxylic acid groups (broad SMARTS) is 1. The van der Waals surface area contributed by atoms with Crippen molar-refractivity contribution in [1.82, 2.24) is 4.57 Å². The van der Waals surface area contributed by atoms with E-state index in [4.69, 9.17) is 16.7 Å². The first-order valence-corrected chi connectivity index (χ1v) is 5.27. The van der Waals surface area contributed by atoms with E-state index in [0.717, 1.165) is 0 Å².